The Morgan fingerprint density at radius 1 is 1.17 bits per heavy atom. The molecule has 24 heavy (non-hydrogen) atoms. The molecule has 1 amide bonds. The van der Waals surface area contributed by atoms with Gasteiger partial charge in [-0.15, -0.1) is 12.4 Å². The molecule has 6 heteroatoms. The van der Waals surface area contributed by atoms with Crippen molar-refractivity contribution >= 4 is 18.3 Å². The predicted octanol–water partition coefficient (Wildman–Crippen LogP) is 2.25. The highest BCUT2D eigenvalue weighted by Crippen LogP contribution is 2.29. The van der Waals surface area contributed by atoms with Gasteiger partial charge in [0.15, 0.2) is 0 Å². The van der Waals surface area contributed by atoms with Crippen LogP contribution in [0.15, 0.2) is 30.3 Å². The molecule has 0 aliphatic carbocycles. The van der Waals surface area contributed by atoms with Crippen molar-refractivity contribution in [2.75, 3.05) is 26.9 Å². The van der Waals surface area contributed by atoms with Crippen molar-refractivity contribution in [2.45, 2.75) is 43.8 Å². The first-order valence-corrected chi connectivity index (χ1v) is 8.49. The van der Waals surface area contributed by atoms with Gasteiger partial charge in [0.25, 0.3) is 0 Å². The van der Waals surface area contributed by atoms with Gasteiger partial charge >= 0.3 is 0 Å². The number of amides is 1. The molecule has 134 valence electrons. The summed E-state index contributed by atoms with van der Waals surface area (Å²) < 4.78 is 11.0. The highest BCUT2D eigenvalue weighted by atomic mass is 35.5. The van der Waals surface area contributed by atoms with E-state index in [9.17, 15) is 4.79 Å². The minimum atomic E-state index is 0. The quantitative estimate of drug-likeness (QED) is 0.763. The van der Waals surface area contributed by atoms with E-state index in [1.165, 1.54) is 12.8 Å². The van der Waals surface area contributed by atoms with Gasteiger partial charge in [0.2, 0.25) is 5.91 Å². The fourth-order valence-electron chi connectivity index (χ4n) is 3.54. The number of para-hydroxylation sites is 1. The summed E-state index contributed by atoms with van der Waals surface area (Å²) in [5.41, 5.74) is 0. The van der Waals surface area contributed by atoms with Crippen LogP contribution >= 0.6 is 12.4 Å². The second kappa shape index (κ2) is 9.25. The Morgan fingerprint density at radius 2 is 1.83 bits per heavy atom. The van der Waals surface area contributed by atoms with Crippen LogP contribution in [-0.2, 0) is 9.53 Å². The summed E-state index contributed by atoms with van der Waals surface area (Å²) in [6, 6.07) is 11.2. The fraction of sp³-hybridized carbons (Fsp3) is 0.611. The van der Waals surface area contributed by atoms with Gasteiger partial charge in [0.1, 0.15) is 19.0 Å². The molecule has 0 spiro atoms. The molecule has 2 saturated heterocycles. The summed E-state index contributed by atoms with van der Waals surface area (Å²) in [5.74, 6) is 0.890. The third-order valence-corrected chi connectivity index (χ3v) is 4.85. The van der Waals surface area contributed by atoms with Gasteiger partial charge in [-0.25, -0.2) is 0 Å². The average molecular weight is 355 g/mol. The molecule has 2 bridgehead atoms. The Bertz CT molecular complexity index is 502. The maximum absolute atomic E-state index is 12.2. The molecule has 1 aromatic rings. The lowest BCUT2D eigenvalue weighted by Gasteiger charge is -2.35. The fourth-order valence-corrected chi connectivity index (χ4v) is 3.54. The summed E-state index contributed by atoms with van der Waals surface area (Å²) in [6.07, 6.45) is 4.62. The second-order valence-electron chi connectivity index (χ2n) is 6.48. The predicted molar refractivity (Wildman–Crippen MR) is 95.7 cm³/mol. The van der Waals surface area contributed by atoms with Gasteiger partial charge in [0, 0.05) is 25.2 Å². The van der Waals surface area contributed by atoms with E-state index in [1.807, 2.05) is 42.3 Å². The number of nitrogens with one attached hydrogen (secondary N) is 1. The van der Waals surface area contributed by atoms with Gasteiger partial charge in [-0.1, -0.05) is 18.2 Å². The normalized spacial score (nSPS) is 25.0. The molecule has 0 aromatic heterocycles. The van der Waals surface area contributed by atoms with Crippen molar-refractivity contribution in [1.82, 2.24) is 10.2 Å². The zero-order valence-electron chi connectivity index (χ0n) is 14.1. The van der Waals surface area contributed by atoms with Crippen LogP contribution in [0.4, 0.5) is 0 Å². The zero-order chi connectivity index (χ0) is 16.1. The number of rotatable bonds is 7. The lowest BCUT2D eigenvalue weighted by atomic mass is 9.98. The van der Waals surface area contributed by atoms with E-state index in [0.717, 1.165) is 18.6 Å². The van der Waals surface area contributed by atoms with Crippen molar-refractivity contribution in [1.29, 1.82) is 0 Å². The molecule has 1 N–H and O–H groups in total. The summed E-state index contributed by atoms with van der Waals surface area (Å²) in [5, 5.41) is 3.60. The molecular weight excluding hydrogens is 328 g/mol. The molecule has 2 aliphatic heterocycles. The standard InChI is InChI=1S/C18H26N2O3.ClH/c1-20(16-11-14-7-8-15(12-16)19-14)18(21)13-22-9-10-23-17-5-3-2-4-6-17;/h2-6,14-16,19H,7-13H2,1H3;1H. The Kier molecular flexibility index (Phi) is 7.34. The zero-order valence-corrected chi connectivity index (χ0v) is 15.0. The smallest absolute Gasteiger partial charge is 0.248 e. The molecule has 2 unspecified atom stereocenters. The molecule has 5 nitrogen and oxygen atoms in total. The number of carbonyl (C=O) groups is 1. The topological polar surface area (TPSA) is 50.8 Å². The van der Waals surface area contributed by atoms with Crippen LogP contribution in [0.5, 0.6) is 5.75 Å². The van der Waals surface area contributed by atoms with Gasteiger partial charge in [-0.2, -0.15) is 0 Å². The van der Waals surface area contributed by atoms with Crippen molar-refractivity contribution in [2.24, 2.45) is 0 Å². The van der Waals surface area contributed by atoms with E-state index in [2.05, 4.69) is 5.32 Å². The second-order valence-corrected chi connectivity index (χ2v) is 6.48. The SMILES string of the molecule is CN(C(=O)COCCOc1ccccc1)C1CC2CCC(C1)N2.Cl. The molecule has 2 heterocycles. The summed E-state index contributed by atoms with van der Waals surface area (Å²) in [6.45, 7) is 1.01. The number of ether oxygens (including phenoxy) is 2. The lowest BCUT2D eigenvalue weighted by Crippen LogP contribution is -2.49. The van der Waals surface area contributed by atoms with E-state index in [0.29, 0.717) is 31.3 Å². The summed E-state index contributed by atoms with van der Waals surface area (Å²) >= 11 is 0. The number of hydrogen-bond acceptors (Lipinski definition) is 4. The maximum atomic E-state index is 12.2. The summed E-state index contributed by atoms with van der Waals surface area (Å²) in [7, 11) is 1.90. The number of likely N-dealkylation sites (N-methyl/N-ethyl adjacent to an activating group) is 1. The highest BCUT2D eigenvalue weighted by Gasteiger charge is 2.36. The van der Waals surface area contributed by atoms with Crippen LogP contribution < -0.4 is 10.1 Å². The lowest BCUT2D eigenvalue weighted by molar-refractivity contribution is -0.137. The van der Waals surface area contributed by atoms with E-state index in [4.69, 9.17) is 9.47 Å². The van der Waals surface area contributed by atoms with Crippen LogP contribution in [0.25, 0.3) is 0 Å². The van der Waals surface area contributed by atoms with Crippen LogP contribution in [0, 0.1) is 0 Å². The van der Waals surface area contributed by atoms with Crippen molar-refractivity contribution in [3.63, 3.8) is 0 Å². The third kappa shape index (κ3) is 5.10. The third-order valence-electron chi connectivity index (χ3n) is 4.85. The van der Waals surface area contributed by atoms with E-state index in [-0.39, 0.29) is 24.9 Å². The van der Waals surface area contributed by atoms with E-state index >= 15 is 0 Å². The minimum absolute atomic E-state index is 0. The first-order valence-electron chi connectivity index (χ1n) is 8.49. The average Bonchev–Trinajstić information content (AvgIpc) is 2.92. The van der Waals surface area contributed by atoms with Gasteiger partial charge in [-0.05, 0) is 37.8 Å². The van der Waals surface area contributed by atoms with Gasteiger partial charge < -0.3 is 19.7 Å². The van der Waals surface area contributed by atoms with Crippen LogP contribution in [0.1, 0.15) is 25.7 Å². The first-order chi connectivity index (χ1) is 11.2. The number of halogens is 1. The van der Waals surface area contributed by atoms with Crippen LogP contribution in [-0.4, -0.2) is 55.8 Å². The number of hydrogen-bond donors (Lipinski definition) is 1. The first kappa shape index (κ1) is 19.0. The minimum Gasteiger partial charge on any atom is -0.491 e. The maximum Gasteiger partial charge on any atom is 0.248 e. The largest absolute Gasteiger partial charge is 0.491 e. The number of carbonyl (C=O) groups excluding carboxylic acids is 1. The van der Waals surface area contributed by atoms with Gasteiger partial charge in [0.05, 0.1) is 6.61 Å². The monoisotopic (exact) mass is 354 g/mol. The molecule has 3 rings (SSSR count). The molecule has 2 atom stereocenters. The molecule has 0 radical (unpaired) electrons. The van der Waals surface area contributed by atoms with Crippen LogP contribution in [0.2, 0.25) is 0 Å². The van der Waals surface area contributed by atoms with Crippen LogP contribution in [0.3, 0.4) is 0 Å². The van der Waals surface area contributed by atoms with Crippen molar-refractivity contribution in [3.05, 3.63) is 30.3 Å². The van der Waals surface area contributed by atoms with E-state index in [1.54, 1.807) is 0 Å². The van der Waals surface area contributed by atoms with Crippen molar-refractivity contribution < 1.29 is 14.3 Å². The molecule has 1 aromatic carbocycles. The number of piperidine rings is 1. The Balaban J connectivity index is 0.00000208. The number of nitrogens with zero attached hydrogens (tertiary/aromatic N) is 1. The highest BCUT2D eigenvalue weighted by molar-refractivity contribution is 5.85. The molecule has 2 aliphatic rings. The van der Waals surface area contributed by atoms with Crippen molar-refractivity contribution in [3.8, 4) is 5.75 Å². The van der Waals surface area contributed by atoms with E-state index < -0.39 is 0 Å². The number of benzene rings is 1. The Labute approximate surface area is 150 Å². The number of fused-ring (bicyclic) bond motifs is 2. The van der Waals surface area contributed by atoms with Gasteiger partial charge in [-0.3, -0.25) is 4.79 Å². The Hall–Kier alpha value is -1.30. The Morgan fingerprint density at radius 3 is 2.50 bits per heavy atom. The summed E-state index contributed by atoms with van der Waals surface area (Å²) in [4.78, 5) is 14.1. The molecule has 0 saturated carbocycles. The molecule has 2 fully saturated rings. The molecular formula is C18H27ClN2O3.